The highest BCUT2D eigenvalue weighted by atomic mass is 16.2. The first kappa shape index (κ1) is 17.4. The van der Waals surface area contributed by atoms with Gasteiger partial charge >= 0.3 is 0 Å². The summed E-state index contributed by atoms with van der Waals surface area (Å²) >= 11 is 0. The normalized spacial score (nSPS) is 14.9. The highest BCUT2D eigenvalue weighted by Crippen LogP contribution is 2.17. The van der Waals surface area contributed by atoms with Crippen molar-refractivity contribution in [3.63, 3.8) is 0 Å². The van der Waals surface area contributed by atoms with Crippen LogP contribution in [0.15, 0.2) is 60.7 Å². The first-order valence-corrected chi connectivity index (χ1v) is 8.80. The molecule has 0 bridgehead atoms. The Balaban J connectivity index is 1.76. The van der Waals surface area contributed by atoms with Crippen molar-refractivity contribution in [2.75, 3.05) is 13.1 Å². The molecule has 129 valence electrons. The van der Waals surface area contributed by atoms with Crippen LogP contribution in [-0.4, -0.2) is 35.8 Å². The zero-order chi connectivity index (χ0) is 17.5. The molecule has 0 aliphatic carbocycles. The maximum atomic E-state index is 12.9. The van der Waals surface area contributed by atoms with E-state index in [0.717, 1.165) is 37.1 Å². The van der Waals surface area contributed by atoms with Gasteiger partial charge in [-0.25, -0.2) is 5.32 Å². The lowest BCUT2D eigenvalue weighted by Gasteiger charge is -2.33. The number of hydrogen-bond acceptors (Lipinski definition) is 2. The van der Waals surface area contributed by atoms with Crippen molar-refractivity contribution < 1.29 is 9.59 Å². The monoisotopic (exact) mass is 335 g/mol. The molecule has 2 aromatic rings. The van der Waals surface area contributed by atoms with Crippen LogP contribution in [0.25, 0.3) is 0 Å². The van der Waals surface area contributed by atoms with Crippen LogP contribution in [0.1, 0.15) is 24.0 Å². The number of benzene rings is 2. The number of hydrogen-bond donors (Lipinski definition) is 0. The number of nitrogens with zero attached hydrogens (tertiary/aromatic N) is 2. The van der Waals surface area contributed by atoms with Crippen LogP contribution >= 0.6 is 0 Å². The van der Waals surface area contributed by atoms with Gasteiger partial charge in [0, 0.05) is 19.1 Å². The third-order valence-corrected chi connectivity index (χ3v) is 4.54. The topological polar surface area (TPSA) is 51.5 Å². The Bertz CT molecular complexity index is 641. The lowest BCUT2D eigenvalue weighted by Crippen LogP contribution is -2.49. The summed E-state index contributed by atoms with van der Waals surface area (Å²) in [4.78, 5) is 27.3. The zero-order valence-corrected chi connectivity index (χ0v) is 14.3. The first-order chi connectivity index (χ1) is 12.2. The van der Waals surface area contributed by atoms with Crippen LogP contribution in [0.5, 0.6) is 0 Å². The molecule has 1 aliphatic heterocycles. The van der Waals surface area contributed by atoms with Crippen LogP contribution in [-0.2, 0) is 22.4 Å². The van der Waals surface area contributed by atoms with Crippen molar-refractivity contribution in [1.29, 1.82) is 0 Å². The maximum absolute atomic E-state index is 12.9. The van der Waals surface area contributed by atoms with E-state index in [2.05, 4.69) is 5.32 Å². The minimum atomic E-state index is -0.112. The Morgan fingerprint density at radius 3 is 1.68 bits per heavy atom. The molecule has 0 saturated carbocycles. The molecule has 1 saturated heterocycles. The van der Waals surface area contributed by atoms with Gasteiger partial charge in [-0.15, -0.1) is 0 Å². The molecule has 0 aromatic heterocycles. The minimum absolute atomic E-state index is 0.0371. The van der Waals surface area contributed by atoms with Gasteiger partial charge in [-0.1, -0.05) is 60.7 Å². The molecule has 2 aromatic carbocycles. The fraction of sp³-hybridized carbons (Fsp3) is 0.333. The molecule has 1 fully saturated rings. The highest BCUT2D eigenvalue weighted by molar-refractivity contribution is 5.97. The van der Waals surface area contributed by atoms with Gasteiger partial charge < -0.3 is 0 Å². The third-order valence-electron chi connectivity index (χ3n) is 4.54. The number of rotatable bonds is 5. The maximum Gasteiger partial charge on any atom is 0.233 e. The molecule has 0 atom stereocenters. The summed E-state index contributed by atoms with van der Waals surface area (Å²) in [6.07, 6.45) is 2.05. The van der Waals surface area contributed by atoms with Gasteiger partial charge in [0.25, 0.3) is 0 Å². The number of carbonyl (C=O) groups excluding carboxylic acids is 2. The van der Waals surface area contributed by atoms with Crippen LogP contribution < -0.4 is 5.32 Å². The van der Waals surface area contributed by atoms with E-state index in [-0.39, 0.29) is 30.7 Å². The second kappa shape index (κ2) is 8.58. The van der Waals surface area contributed by atoms with Crippen molar-refractivity contribution in [3.8, 4) is 0 Å². The molecule has 0 spiro atoms. The molecule has 25 heavy (non-hydrogen) atoms. The second-order valence-corrected chi connectivity index (χ2v) is 6.38. The second-order valence-electron chi connectivity index (χ2n) is 6.38. The van der Waals surface area contributed by atoms with Crippen LogP contribution in [0.4, 0.5) is 0 Å². The van der Waals surface area contributed by atoms with Gasteiger partial charge in [-0.2, -0.15) is 0 Å². The predicted molar refractivity (Wildman–Crippen MR) is 97.0 cm³/mol. The van der Waals surface area contributed by atoms with Gasteiger partial charge in [0.2, 0.25) is 11.8 Å². The van der Waals surface area contributed by atoms with E-state index in [1.807, 2.05) is 60.7 Å². The van der Waals surface area contributed by atoms with E-state index in [9.17, 15) is 9.59 Å². The largest absolute Gasteiger partial charge is 0.279 e. The van der Waals surface area contributed by atoms with E-state index < -0.39 is 0 Å². The van der Waals surface area contributed by atoms with Crippen molar-refractivity contribution >= 4 is 11.8 Å². The number of piperidine rings is 1. The quantitative estimate of drug-likeness (QED) is 0.843. The lowest BCUT2D eigenvalue weighted by atomic mass is 10.0. The summed E-state index contributed by atoms with van der Waals surface area (Å²) in [5, 5.41) is 4.35. The summed E-state index contributed by atoms with van der Waals surface area (Å²) in [7, 11) is 0. The van der Waals surface area contributed by atoms with Crippen molar-refractivity contribution in [2.24, 2.45) is 0 Å². The Morgan fingerprint density at radius 1 is 0.800 bits per heavy atom. The summed E-state index contributed by atoms with van der Waals surface area (Å²) in [6.45, 7) is 1.44. The molecule has 4 heteroatoms. The molecular formula is C21H23N2O2. The van der Waals surface area contributed by atoms with E-state index in [0.29, 0.717) is 0 Å². The smallest absolute Gasteiger partial charge is 0.233 e. The standard InChI is InChI=1S/C21H23N2O2/c24-20(15-17-7-3-1-4-8-17)23(19-11-13-22-14-12-19)21(25)16-18-9-5-2-6-10-18/h1-10,19H,11-16H2. The molecule has 0 N–H and O–H groups in total. The molecule has 3 rings (SSSR count). The Labute approximate surface area is 148 Å². The van der Waals surface area contributed by atoms with Gasteiger partial charge in [0.05, 0.1) is 12.8 Å². The summed E-state index contributed by atoms with van der Waals surface area (Å²) in [5.41, 5.74) is 1.87. The zero-order valence-electron chi connectivity index (χ0n) is 14.3. The van der Waals surface area contributed by atoms with Crippen molar-refractivity contribution in [2.45, 2.75) is 31.7 Å². The average molecular weight is 335 g/mol. The Hall–Kier alpha value is -2.46. The number of imide groups is 1. The molecular weight excluding hydrogens is 312 g/mol. The van der Waals surface area contributed by atoms with Crippen LogP contribution in [0.2, 0.25) is 0 Å². The summed E-state index contributed by atoms with van der Waals surface area (Å²) in [5.74, 6) is -0.224. The molecule has 1 aliphatic rings. The van der Waals surface area contributed by atoms with Gasteiger partial charge in [-0.05, 0) is 24.0 Å². The van der Waals surface area contributed by atoms with E-state index in [4.69, 9.17) is 0 Å². The van der Waals surface area contributed by atoms with E-state index in [1.54, 1.807) is 0 Å². The fourth-order valence-corrected chi connectivity index (χ4v) is 3.25. The predicted octanol–water partition coefficient (Wildman–Crippen LogP) is 2.59. The number of amides is 2. The highest BCUT2D eigenvalue weighted by Gasteiger charge is 2.30. The third kappa shape index (κ3) is 4.77. The molecule has 0 unspecified atom stereocenters. The van der Waals surface area contributed by atoms with Gasteiger partial charge in [0.15, 0.2) is 0 Å². The average Bonchev–Trinajstić information content (AvgIpc) is 2.64. The number of carbonyl (C=O) groups is 2. The lowest BCUT2D eigenvalue weighted by molar-refractivity contribution is -0.147. The van der Waals surface area contributed by atoms with Crippen LogP contribution in [0, 0.1) is 0 Å². The summed E-state index contributed by atoms with van der Waals surface area (Å²) in [6, 6.07) is 19.2. The van der Waals surface area contributed by atoms with E-state index >= 15 is 0 Å². The molecule has 1 radical (unpaired) electrons. The summed E-state index contributed by atoms with van der Waals surface area (Å²) < 4.78 is 0. The molecule has 4 nitrogen and oxygen atoms in total. The minimum Gasteiger partial charge on any atom is -0.279 e. The Morgan fingerprint density at radius 2 is 1.24 bits per heavy atom. The van der Waals surface area contributed by atoms with Gasteiger partial charge in [-0.3, -0.25) is 14.5 Å². The fourth-order valence-electron chi connectivity index (χ4n) is 3.25. The SMILES string of the molecule is O=C(Cc1ccccc1)N(C(=O)Cc1ccccc1)C1CC[N]CC1. The van der Waals surface area contributed by atoms with Crippen molar-refractivity contribution in [1.82, 2.24) is 10.2 Å². The van der Waals surface area contributed by atoms with Crippen molar-refractivity contribution in [3.05, 3.63) is 71.8 Å². The first-order valence-electron chi connectivity index (χ1n) is 8.80. The van der Waals surface area contributed by atoms with Crippen LogP contribution in [0.3, 0.4) is 0 Å². The van der Waals surface area contributed by atoms with Gasteiger partial charge in [0.1, 0.15) is 0 Å². The van der Waals surface area contributed by atoms with E-state index in [1.165, 1.54) is 4.90 Å². The Kier molecular flexibility index (Phi) is 5.96. The molecule has 2 amide bonds. The molecule has 1 heterocycles.